The van der Waals surface area contributed by atoms with Gasteiger partial charge in [-0.1, -0.05) is 6.07 Å². The Morgan fingerprint density at radius 3 is 2.73 bits per heavy atom. The number of ether oxygens (including phenoxy) is 1. The van der Waals surface area contributed by atoms with Gasteiger partial charge in [-0.2, -0.15) is 0 Å². The maximum absolute atomic E-state index is 12.9. The Balaban J connectivity index is 0.00000320. The molecule has 14 heteroatoms. The maximum atomic E-state index is 12.9. The number of nitrogens with one attached hydrogen (secondary N) is 2. The van der Waals surface area contributed by atoms with Gasteiger partial charge in [-0.15, -0.1) is 23.1 Å². The van der Waals surface area contributed by atoms with Crippen LogP contribution in [0.4, 0.5) is 4.79 Å². The van der Waals surface area contributed by atoms with Crippen LogP contribution < -0.4 is 51.0 Å². The quantitative estimate of drug-likeness (QED) is 0.149. The molecule has 1 aromatic rings. The Kier molecular flexibility index (Phi) is 7.93. The zero-order valence-electron chi connectivity index (χ0n) is 15.7. The molecule has 154 valence electrons. The van der Waals surface area contributed by atoms with Crippen molar-refractivity contribution in [2.24, 2.45) is 5.73 Å². The Hall–Kier alpha value is -2.06. The first-order valence-electron chi connectivity index (χ1n) is 8.15. The van der Waals surface area contributed by atoms with E-state index in [9.17, 15) is 29.1 Å². The van der Waals surface area contributed by atoms with Crippen LogP contribution in [0.3, 0.4) is 0 Å². The molecule has 1 saturated heterocycles. The number of carbonyl (C=O) groups is 5. The number of β-lactam (4-membered cyclic amide) rings is 1. The molecule has 4 amide bonds. The number of aliphatic carboxylic acids is 1. The summed E-state index contributed by atoms with van der Waals surface area (Å²) in [5.41, 5.74) is 2.74. The molecule has 11 nitrogen and oxygen atoms in total. The van der Waals surface area contributed by atoms with Crippen molar-refractivity contribution in [2.75, 3.05) is 12.4 Å². The fraction of sp³-hybridized carbons (Fsp3) is 0.312. The van der Waals surface area contributed by atoms with Crippen molar-refractivity contribution in [2.45, 2.75) is 17.5 Å². The molecule has 0 aliphatic carbocycles. The fourth-order valence-electron chi connectivity index (χ4n) is 3.09. The summed E-state index contributed by atoms with van der Waals surface area (Å²) in [6.07, 6.45) is -0.851. The van der Waals surface area contributed by atoms with Crippen molar-refractivity contribution in [1.82, 2.24) is 15.5 Å². The van der Waals surface area contributed by atoms with E-state index >= 15 is 0 Å². The van der Waals surface area contributed by atoms with Crippen molar-refractivity contribution < 1.29 is 63.4 Å². The van der Waals surface area contributed by atoms with Crippen LogP contribution in [0.15, 0.2) is 28.8 Å². The third kappa shape index (κ3) is 4.49. The summed E-state index contributed by atoms with van der Waals surface area (Å²) >= 11 is 2.44. The van der Waals surface area contributed by atoms with Crippen molar-refractivity contribution in [3.05, 3.63) is 33.7 Å². The standard InChI is InChI=1S/C16H16N4O7S2.Na/c17-15(26)27-5-8-6-29-14-16(18-7-21,13(25)20(14)11(8)12(23)24)19-10(22)4-9-2-1-3-28-9;/h1-3,7,14H,4-6H2,(H2,17,26)(H,18,21)(H,19,22)(H,23,24);/q;+1/p-1/t14-,16+;/m0./s1. The molecule has 2 atom stereocenters. The van der Waals surface area contributed by atoms with Crippen molar-refractivity contribution in [3.63, 3.8) is 0 Å². The van der Waals surface area contributed by atoms with Gasteiger partial charge in [0, 0.05) is 16.2 Å². The van der Waals surface area contributed by atoms with Gasteiger partial charge in [-0.05, 0) is 11.4 Å². The van der Waals surface area contributed by atoms with E-state index in [1.54, 1.807) is 17.5 Å². The molecular formula is C16H15N4NaO7S2. The van der Waals surface area contributed by atoms with Crippen LogP contribution in [0.1, 0.15) is 4.88 Å². The van der Waals surface area contributed by atoms with Gasteiger partial charge in [-0.3, -0.25) is 19.3 Å². The number of nitrogens with two attached hydrogens (primary N) is 1. The predicted octanol–water partition coefficient (Wildman–Crippen LogP) is -5.13. The van der Waals surface area contributed by atoms with Gasteiger partial charge in [0.15, 0.2) is 0 Å². The second kappa shape index (κ2) is 9.83. The first kappa shape index (κ1) is 24.2. The van der Waals surface area contributed by atoms with Gasteiger partial charge in [0.05, 0.1) is 18.1 Å². The molecule has 0 bridgehead atoms. The third-order valence-electron chi connectivity index (χ3n) is 4.27. The topological polar surface area (TPSA) is 171 Å². The molecule has 2 aliphatic heterocycles. The average molecular weight is 462 g/mol. The van der Waals surface area contributed by atoms with E-state index < -0.39 is 47.2 Å². The minimum Gasteiger partial charge on any atom is -0.543 e. The first-order valence-corrected chi connectivity index (χ1v) is 10.1. The number of carbonyl (C=O) groups excluding carboxylic acids is 5. The molecule has 30 heavy (non-hydrogen) atoms. The van der Waals surface area contributed by atoms with E-state index in [2.05, 4.69) is 15.4 Å². The molecule has 0 radical (unpaired) electrons. The van der Waals surface area contributed by atoms with Gasteiger partial charge in [0.2, 0.25) is 18.0 Å². The van der Waals surface area contributed by atoms with Crippen molar-refractivity contribution in [3.8, 4) is 0 Å². The van der Waals surface area contributed by atoms with Crippen LogP contribution in [0, 0.1) is 0 Å². The molecule has 0 aromatic carbocycles. The number of primary amides is 1. The second-order valence-electron chi connectivity index (χ2n) is 6.06. The first-order chi connectivity index (χ1) is 13.8. The molecule has 1 fully saturated rings. The molecule has 3 rings (SSSR count). The molecule has 0 spiro atoms. The Bertz CT molecular complexity index is 907. The number of nitrogens with zero attached hydrogens (tertiary/aromatic N) is 1. The summed E-state index contributed by atoms with van der Waals surface area (Å²) in [6, 6.07) is 3.52. The predicted molar refractivity (Wildman–Crippen MR) is 98.8 cm³/mol. The zero-order valence-corrected chi connectivity index (χ0v) is 19.3. The van der Waals surface area contributed by atoms with Crippen LogP contribution in [0.2, 0.25) is 0 Å². The summed E-state index contributed by atoms with van der Waals surface area (Å²) in [5, 5.41) is 17.3. The monoisotopic (exact) mass is 462 g/mol. The summed E-state index contributed by atoms with van der Waals surface area (Å²) in [6.45, 7) is -0.430. The van der Waals surface area contributed by atoms with Crippen LogP contribution in [-0.4, -0.2) is 58.6 Å². The van der Waals surface area contributed by atoms with Gasteiger partial charge >= 0.3 is 35.7 Å². The number of amides is 4. The molecule has 4 N–H and O–H groups in total. The van der Waals surface area contributed by atoms with Gasteiger partial charge in [-0.25, -0.2) is 4.79 Å². The number of carboxylic acids is 1. The van der Waals surface area contributed by atoms with E-state index in [0.717, 1.165) is 21.5 Å². The summed E-state index contributed by atoms with van der Waals surface area (Å²) in [4.78, 5) is 60.5. The van der Waals surface area contributed by atoms with E-state index in [1.807, 2.05) is 0 Å². The number of thiophene rings is 1. The van der Waals surface area contributed by atoms with Crippen molar-refractivity contribution >= 4 is 53.4 Å². The zero-order chi connectivity index (χ0) is 21.2. The Morgan fingerprint density at radius 1 is 1.43 bits per heavy atom. The smallest absolute Gasteiger partial charge is 0.543 e. The maximum Gasteiger partial charge on any atom is 1.00 e. The number of thioether (sulfide) groups is 1. The average Bonchev–Trinajstić information content (AvgIpc) is 3.17. The SMILES string of the molecule is NC(=O)OCC1=C(C(=O)[O-])N2C(=O)[C@@](NC=O)(NC(=O)Cc3cccs3)[C@@H]2SC1.[Na+]. The van der Waals surface area contributed by atoms with E-state index in [1.165, 1.54) is 11.3 Å². The molecular weight excluding hydrogens is 447 g/mol. The third-order valence-corrected chi connectivity index (χ3v) is 6.54. The van der Waals surface area contributed by atoms with Gasteiger partial charge in [0.25, 0.3) is 5.91 Å². The fourth-order valence-corrected chi connectivity index (χ4v) is 5.20. The van der Waals surface area contributed by atoms with Crippen LogP contribution in [0.5, 0.6) is 0 Å². The van der Waals surface area contributed by atoms with Crippen LogP contribution in [-0.2, 0) is 30.3 Å². The molecule has 1 aromatic heterocycles. The van der Waals surface area contributed by atoms with E-state index in [-0.39, 0.29) is 53.7 Å². The Morgan fingerprint density at radius 2 is 2.17 bits per heavy atom. The normalized spacial score (nSPS) is 22.2. The van der Waals surface area contributed by atoms with E-state index in [0.29, 0.717) is 0 Å². The molecule has 0 unspecified atom stereocenters. The molecule has 2 aliphatic rings. The van der Waals surface area contributed by atoms with Crippen LogP contribution >= 0.6 is 23.1 Å². The summed E-state index contributed by atoms with van der Waals surface area (Å²) < 4.78 is 4.63. The minimum atomic E-state index is -1.79. The van der Waals surface area contributed by atoms with Crippen LogP contribution in [0.25, 0.3) is 0 Å². The summed E-state index contributed by atoms with van der Waals surface area (Å²) in [7, 11) is 0. The largest absolute Gasteiger partial charge is 1.00 e. The number of hydrogen-bond donors (Lipinski definition) is 3. The number of fused-ring (bicyclic) bond motifs is 1. The molecule has 0 saturated carbocycles. The molecule has 3 heterocycles. The van der Waals surface area contributed by atoms with Gasteiger partial charge in [0.1, 0.15) is 12.0 Å². The van der Waals surface area contributed by atoms with E-state index in [4.69, 9.17) is 5.73 Å². The summed E-state index contributed by atoms with van der Waals surface area (Å²) in [5.74, 6) is -2.97. The Labute approximate surface area is 200 Å². The number of rotatable bonds is 8. The number of hydrogen-bond acceptors (Lipinski definition) is 9. The minimum absolute atomic E-state index is 0. The van der Waals surface area contributed by atoms with Gasteiger partial charge < -0.3 is 31.0 Å². The number of carboxylic acid groups (broad SMARTS) is 1. The second-order valence-corrected chi connectivity index (χ2v) is 8.16. The van der Waals surface area contributed by atoms with Crippen molar-refractivity contribution in [1.29, 1.82) is 0 Å².